The summed E-state index contributed by atoms with van der Waals surface area (Å²) in [5.74, 6) is 0.324. The van der Waals surface area contributed by atoms with E-state index in [1.54, 1.807) is 18.2 Å². The van der Waals surface area contributed by atoms with Gasteiger partial charge in [-0.25, -0.2) is 13.1 Å². The lowest BCUT2D eigenvalue weighted by Crippen LogP contribution is -2.23. The van der Waals surface area contributed by atoms with Crippen molar-refractivity contribution in [3.05, 3.63) is 65.2 Å². The fourth-order valence-electron chi connectivity index (χ4n) is 2.89. The average molecular weight is 495 g/mol. The van der Waals surface area contributed by atoms with E-state index in [1.807, 2.05) is 0 Å². The van der Waals surface area contributed by atoms with Gasteiger partial charge in [0.15, 0.2) is 0 Å². The molecule has 1 atom stereocenters. The molecule has 0 radical (unpaired) electrons. The van der Waals surface area contributed by atoms with Crippen LogP contribution in [-0.4, -0.2) is 40.2 Å². The van der Waals surface area contributed by atoms with Crippen LogP contribution in [-0.2, 0) is 14.8 Å². The molecule has 1 amide bonds. The highest BCUT2D eigenvalue weighted by atomic mass is 79.9. The first-order valence-corrected chi connectivity index (χ1v) is 11.7. The van der Waals surface area contributed by atoms with Gasteiger partial charge in [-0.15, -0.1) is 6.58 Å². The minimum Gasteiger partial charge on any atom is -0.490 e. The van der Waals surface area contributed by atoms with E-state index in [1.165, 1.54) is 30.3 Å². The van der Waals surface area contributed by atoms with Crippen molar-refractivity contribution in [1.29, 1.82) is 0 Å². The van der Waals surface area contributed by atoms with Gasteiger partial charge in [-0.2, -0.15) is 0 Å². The zero-order valence-electron chi connectivity index (χ0n) is 16.3. The molecule has 1 aliphatic heterocycles. The summed E-state index contributed by atoms with van der Waals surface area (Å²) in [6.45, 7) is 4.87. The van der Waals surface area contributed by atoms with Crippen LogP contribution in [0.3, 0.4) is 0 Å². The Morgan fingerprint density at radius 1 is 1.27 bits per heavy atom. The summed E-state index contributed by atoms with van der Waals surface area (Å²) in [5, 5.41) is 2.75. The third-order valence-corrected chi connectivity index (χ3v) is 6.54. The van der Waals surface area contributed by atoms with Crippen molar-refractivity contribution in [2.75, 3.05) is 25.1 Å². The molecule has 1 heterocycles. The number of anilines is 1. The lowest BCUT2D eigenvalue weighted by molar-refractivity contribution is 0.0677. The van der Waals surface area contributed by atoms with Crippen LogP contribution in [0.15, 0.2) is 64.5 Å². The molecule has 0 spiro atoms. The molecule has 1 aliphatic rings. The molecule has 7 nitrogen and oxygen atoms in total. The predicted molar refractivity (Wildman–Crippen MR) is 118 cm³/mol. The number of ether oxygens (including phenoxy) is 2. The van der Waals surface area contributed by atoms with Crippen molar-refractivity contribution >= 4 is 37.5 Å². The first-order chi connectivity index (χ1) is 14.4. The van der Waals surface area contributed by atoms with Crippen molar-refractivity contribution < 1.29 is 22.7 Å². The molecule has 3 rings (SSSR count). The van der Waals surface area contributed by atoms with Crippen molar-refractivity contribution in [1.82, 2.24) is 4.72 Å². The summed E-state index contributed by atoms with van der Waals surface area (Å²) in [6, 6.07) is 11.0. The van der Waals surface area contributed by atoms with Gasteiger partial charge in [-0.3, -0.25) is 4.79 Å². The van der Waals surface area contributed by atoms with Gasteiger partial charge in [0.1, 0.15) is 12.4 Å². The Kier molecular flexibility index (Phi) is 7.65. The number of rotatable bonds is 9. The Bertz CT molecular complexity index is 1000. The average Bonchev–Trinajstić information content (AvgIpc) is 3.25. The minimum atomic E-state index is -3.60. The Morgan fingerprint density at radius 2 is 2.03 bits per heavy atom. The maximum absolute atomic E-state index is 12.5. The summed E-state index contributed by atoms with van der Waals surface area (Å²) in [4.78, 5) is 12.6. The van der Waals surface area contributed by atoms with E-state index in [2.05, 4.69) is 32.5 Å². The van der Waals surface area contributed by atoms with E-state index in [9.17, 15) is 13.2 Å². The van der Waals surface area contributed by atoms with Gasteiger partial charge in [0, 0.05) is 24.4 Å². The van der Waals surface area contributed by atoms with Gasteiger partial charge >= 0.3 is 0 Å². The fourth-order valence-corrected chi connectivity index (χ4v) is 4.38. The SMILES string of the molecule is C=CCNS(=O)(=O)c1ccc(NC(=O)c2ccc(OCC3CCCO3)c(Br)c2)cc1. The van der Waals surface area contributed by atoms with Crippen LogP contribution in [0.4, 0.5) is 5.69 Å². The summed E-state index contributed by atoms with van der Waals surface area (Å²) in [5.41, 5.74) is 0.924. The number of amides is 1. The maximum Gasteiger partial charge on any atom is 0.255 e. The van der Waals surface area contributed by atoms with E-state index < -0.39 is 10.0 Å². The predicted octanol–water partition coefficient (Wildman–Crippen LogP) is 3.72. The van der Waals surface area contributed by atoms with Crippen molar-refractivity contribution in [2.24, 2.45) is 0 Å². The van der Waals surface area contributed by atoms with Gasteiger partial charge in [0.05, 0.1) is 15.5 Å². The summed E-state index contributed by atoms with van der Waals surface area (Å²) < 4.78 is 38.5. The van der Waals surface area contributed by atoms with Crippen LogP contribution < -0.4 is 14.8 Å². The van der Waals surface area contributed by atoms with E-state index in [-0.39, 0.29) is 23.5 Å². The maximum atomic E-state index is 12.5. The number of carbonyl (C=O) groups excluding carboxylic acids is 1. The molecule has 2 aromatic rings. The number of halogens is 1. The van der Waals surface area contributed by atoms with E-state index in [0.29, 0.717) is 28.1 Å². The highest BCUT2D eigenvalue weighted by Gasteiger charge is 2.17. The Labute approximate surface area is 184 Å². The lowest BCUT2D eigenvalue weighted by atomic mass is 10.2. The van der Waals surface area contributed by atoms with E-state index in [0.717, 1.165) is 19.4 Å². The van der Waals surface area contributed by atoms with Crippen molar-refractivity contribution in [2.45, 2.75) is 23.8 Å². The third-order valence-electron chi connectivity index (χ3n) is 4.48. The monoisotopic (exact) mass is 494 g/mol. The van der Waals surface area contributed by atoms with Gasteiger partial charge in [0.25, 0.3) is 5.91 Å². The van der Waals surface area contributed by atoms with Crippen LogP contribution >= 0.6 is 15.9 Å². The topological polar surface area (TPSA) is 93.7 Å². The number of hydrogen-bond donors (Lipinski definition) is 2. The number of sulfonamides is 1. The van der Waals surface area contributed by atoms with Crippen molar-refractivity contribution in [3.63, 3.8) is 0 Å². The zero-order valence-corrected chi connectivity index (χ0v) is 18.7. The van der Waals surface area contributed by atoms with Gasteiger partial charge in [-0.1, -0.05) is 6.08 Å². The molecule has 1 saturated heterocycles. The second kappa shape index (κ2) is 10.2. The van der Waals surface area contributed by atoms with Crippen LogP contribution in [0.25, 0.3) is 0 Å². The van der Waals surface area contributed by atoms with Gasteiger partial charge < -0.3 is 14.8 Å². The van der Waals surface area contributed by atoms with Crippen molar-refractivity contribution in [3.8, 4) is 5.75 Å². The third kappa shape index (κ3) is 5.91. The molecule has 30 heavy (non-hydrogen) atoms. The van der Waals surface area contributed by atoms with Crippen LogP contribution in [0, 0.1) is 0 Å². The molecule has 160 valence electrons. The van der Waals surface area contributed by atoms with E-state index in [4.69, 9.17) is 9.47 Å². The first-order valence-electron chi connectivity index (χ1n) is 9.45. The van der Waals surface area contributed by atoms with Crippen LogP contribution in [0.2, 0.25) is 0 Å². The largest absolute Gasteiger partial charge is 0.490 e. The van der Waals surface area contributed by atoms with Crippen LogP contribution in [0.5, 0.6) is 5.75 Å². The minimum absolute atomic E-state index is 0.109. The second-order valence-electron chi connectivity index (χ2n) is 6.71. The molecule has 9 heteroatoms. The summed E-state index contributed by atoms with van der Waals surface area (Å²) in [6.07, 6.45) is 3.61. The molecular weight excluding hydrogens is 472 g/mol. The molecule has 0 aliphatic carbocycles. The number of carbonyl (C=O) groups is 1. The zero-order chi connectivity index (χ0) is 21.6. The molecule has 1 fully saturated rings. The normalized spacial score (nSPS) is 16.2. The molecule has 0 aromatic heterocycles. The number of nitrogens with one attached hydrogen (secondary N) is 2. The fraction of sp³-hybridized carbons (Fsp3) is 0.286. The Balaban J connectivity index is 1.61. The Hall–Kier alpha value is -2.20. The molecule has 0 bridgehead atoms. The van der Waals surface area contributed by atoms with Gasteiger partial charge in [-0.05, 0) is 71.2 Å². The first kappa shape index (κ1) is 22.5. The van der Waals surface area contributed by atoms with Gasteiger partial charge in [0.2, 0.25) is 10.0 Å². The number of hydrogen-bond acceptors (Lipinski definition) is 5. The molecule has 0 saturated carbocycles. The number of benzene rings is 2. The quantitative estimate of drug-likeness (QED) is 0.518. The molecule has 2 aromatic carbocycles. The molecular formula is C21H23BrN2O5S. The summed E-state index contributed by atoms with van der Waals surface area (Å²) in [7, 11) is -3.60. The lowest BCUT2D eigenvalue weighted by Gasteiger charge is -2.13. The molecule has 2 N–H and O–H groups in total. The highest BCUT2D eigenvalue weighted by Crippen LogP contribution is 2.27. The molecule has 1 unspecified atom stereocenters. The second-order valence-corrected chi connectivity index (χ2v) is 9.33. The summed E-state index contributed by atoms with van der Waals surface area (Å²) >= 11 is 3.44. The highest BCUT2D eigenvalue weighted by molar-refractivity contribution is 9.10. The van der Waals surface area contributed by atoms with Crippen LogP contribution in [0.1, 0.15) is 23.2 Å². The smallest absolute Gasteiger partial charge is 0.255 e. The Morgan fingerprint density at radius 3 is 2.67 bits per heavy atom. The standard InChI is InChI=1S/C21H23BrN2O5S/c1-2-11-23-30(26,27)18-8-6-16(7-9-18)24-21(25)15-5-10-20(19(22)13-15)29-14-17-4-3-12-28-17/h2,5-10,13,17,23H,1,3-4,11-12,14H2,(H,24,25). The van der Waals surface area contributed by atoms with E-state index >= 15 is 0 Å².